The van der Waals surface area contributed by atoms with E-state index in [4.69, 9.17) is 4.74 Å². The summed E-state index contributed by atoms with van der Waals surface area (Å²) in [5.41, 5.74) is 3.61. The first-order valence-corrected chi connectivity index (χ1v) is 5.54. The predicted octanol–water partition coefficient (Wildman–Crippen LogP) is 2.17. The molecule has 0 radical (unpaired) electrons. The maximum Gasteiger partial charge on any atom is 0.313 e. The van der Waals surface area contributed by atoms with Crippen LogP contribution in [0.3, 0.4) is 0 Å². The minimum atomic E-state index is -0.0994. The molecule has 1 aliphatic carbocycles. The largest absolute Gasteiger partial charge is 0.469 e. The Morgan fingerprint density at radius 2 is 2.47 bits per heavy atom. The Morgan fingerprint density at radius 3 is 3.13 bits per heavy atom. The Hall–Kier alpha value is -1.25. The number of carbonyl (C=O) groups is 1. The van der Waals surface area contributed by atoms with Gasteiger partial charge in [-0.2, -0.15) is 0 Å². The molecule has 1 aromatic rings. The molecule has 3 nitrogen and oxygen atoms in total. The molecular weight excluding hydrogens is 190 g/mol. The average molecular weight is 207 g/mol. The molecule has 1 N–H and O–H groups in total. The summed E-state index contributed by atoms with van der Waals surface area (Å²) in [6.45, 7) is 2.12. The third-order valence-corrected chi connectivity index (χ3v) is 3.15. The van der Waals surface area contributed by atoms with Gasteiger partial charge in [-0.25, -0.2) is 0 Å². The number of H-pyrrole nitrogens is 1. The summed E-state index contributed by atoms with van der Waals surface area (Å²) >= 11 is 0. The van der Waals surface area contributed by atoms with Crippen LogP contribution >= 0.6 is 0 Å². The summed E-state index contributed by atoms with van der Waals surface area (Å²) < 4.78 is 4.84. The van der Waals surface area contributed by atoms with E-state index in [1.54, 1.807) is 0 Å². The molecule has 0 fully saturated rings. The fourth-order valence-corrected chi connectivity index (χ4v) is 2.31. The topological polar surface area (TPSA) is 42.1 Å². The Morgan fingerprint density at radius 1 is 1.67 bits per heavy atom. The van der Waals surface area contributed by atoms with Crippen LogP contribution in [0.1, 0.15) is 42.6 Å². The minimum Gasteiger partial charge on any atom is -0.469 e. The van der Waals surface area contributed by atoms with Crippen molar-refractivity contribution in [3.8, 4) is 0 Å². The highest BCUT2D eigenvalue weighted by Gasteiger charge is 2.28. The predicted molar refractivity (Wildman–Crippen MR) is 57.9 cm³/mol. The second-order valence-corrected chi connectivity index (χ2v) is 4.05. The van der Waals surface area contributed by atoms with Gasteiger partial charge in [-0.3, -0.25) is 4.79 Å². The average Bonchev–Trinajstić information content (AvgIpc) is 2.70. The van der Waals surface area contributed by atoms with Crippen molar-refractivity contribution in [2.24, 2.45) is 0 Å². The van der Waals surface area contributed by atoms with Gasteiger partial charge >= 0.3 is 5.97 Å². The number of aromatic amines is 1. The molecule has 1 aromatic heterocycles. The van der Waals surface area contributed by atoms with E-state index in [-0.39, 0.29) is 11.9 Å². The lowest BCUT2D eigenvalue weighted by atomic mass is 9.87. The van der Waals surface area contributed by atoms with E-state index < -0.39 is 0 Å². The lowest BCUT2D eigenvalue weighted by Gasteiger charge is -2.19. The summed E-state index contributed by atoms with van der Waals surface area (Å²) in [6.07, 6.45) is 4.03. The van der Waals surface area contributed by atoms with Crippen molar-refractivity contribution in [1.82, 2.24) is 4.98 Å². The first-order valence-electron chi connectivity index (χ1n) is 5.54. The number of methoxy groups -OCH3 is 1. The van der Waals surface area contributed by atoms with E-state index in [2.05, 4.69) is 18.0 Å². The van der Waals surface area contributed by atoms with Crippen LogP contribution in [0, 0.1) is 0 Å². The van der Waals surface area contributed by atoms with Crippen LogP contribution in [0.4, 0.5) is 0 Å². The standard InChI is InChI=1S/C12H17NO2/c1-3-8-7-10-9(12(14)15-2)5-4-6-11(10)13-8/h7,9,13H,3-6H2,1-2H3. The number of aryl methyl sites for hydroxylation is 2. The van der Waals surface area contributed by atoms with E-state index in [1.807, 2.05) is 0 Å². The molecule has 15 heavy (non-hydrogen) atoms. The Bertz CT molecular complexity index is 368. The van der Waals surface area contributed by atoms with E-state index in [9.17, 15) is 4.79 Å². The fraction of sp³-hybridized carbons (Fsp3) is 0.583. The third kappa shape index (κ3) is 1.78. The molecule has 3 heteroatoms. The summed E-state index contributed by atoms with van der Waals surface area (Å²) in [7, 11) is 1.46. The minimum absolute atomic E-state index is 0.0460. The summed E-state index contributed by atoms with van der Waals surface area (Å²) in [5.74, 6) is -0.145. The van der Waals surface area contributed by atoms with Crippen molar-refractivity contribution in [3.63, 3.8) is 0 Å². The zero-order valence-corrected chi connectivity index (χ0v) is 9.30. The number of fused-ring (bicyclic) bond motifs is 1. The maximum absolute atomic E-state index is 11.6. The van der Waals surface area contributed by atoms with E-state index in [0.29, 0.717) is 0 Å². The van der Waals surface area contributed by atoms with Gasteiger partial charge in [-0.1, -0.05) is 6.92 Å². The molecule has 2 rings (SSSR count). The van der Waals surface area contributed by atoms with Gasteiger partial charge in [0.15, 0.2) is 0 Å². The van der Waals surface area contributed by atoms with Crippen molar-refractivity contribution in [2.75, 3.05) is 7.11 Å². The van der Waals surface area contributed by atoms with Crippen molar-refractivity contribution in [2.45, 2.75) is 38.5 Å². The fourth-order valence-electron chi connectivity index (χ4n) is 2.31. The van der Waals surface area contributed by atoms with Crippen molar-refractivity contribution < 1.29 is 9.53 Å². The summed E-state index contributed by atoms with van der Waals surface area (Å²) in [6, 6.07) is 2.12. The molecule has 1 unspecified atom stereocenters. The maximum atomic E-state index is 11.6. The Labute approximate surface area is 89.8 Å². The summed E-state index contributed by atoms with van der Waals surface area (Å²) in [4.78, 5) is 15.0. The van der Waals surface area contributed by atoms with Crippen LogP contribution in [-0.2, 0) is 22.4 Å². The third-order valence-electron chi connectivity index (χ3n) is 3.15. The smallest absolute Gasteiger partial charge is 0.313 e. The van der Waals surface area contributed by atoms with Gasteiger partial charge in [-0.15, -0.1) is 0 Å². The molecule has 0 bridgehead atoms. The van der Waals surface area contributed by atoms with Gasteiger partial charge < -0.3 is 9.72 Å². The second-order valence-electron chi connectivity index (χ2n) is 4.05. The van der Waals surface area contributed by atoms with Gasteiger partial charge in [0.05, 0.1) is 13.0 Å². The second kappa shape index (κ2) is 4.09. The molecule has 0 aromatic carbocycles. The number of carbonyl (C=O) groups excluding carboxylic acids is 1. The van der Waals surface area contributed by atoms with Crippen molar-refractivity contribution >= 4 is 5.97 Å². The van der Waals surface area contributed by atoms with Crippen molar-refractivity contribution in [3.05, 3.63) is 23.0 Å². The lowest BCUT2D eigenvalue weighted by molar-refractivity contribution is -0.142. The number of nitrogens with one attached hydrogen (secondary N) is 1. The molecule has 1 heterocycles. The number of aromatic nitrogens is 1. The molecule has 1 aliphatic rings. The quantitative estimate of drug-likeness (QED) is 0.755. The number of esters is 1. The molecule has 0 amide bonds. The monoisotopic (exact) mass is 207 g/mol. The highest BCUT2D eigenvalue weighted by Crippen LogP contribution is 2.32. The highest BCUT2D eigenvalue weighted by molar-refractivity contribution is 5.78. The van der Waals surface area contributed by atoms with Crippen LogP contribution in [0.2, 0.25) is 0 Å². The zero-order valence-electron chi connectivity index (χ0n) is 9.30. The normalized spacial score (nSPS) is 19.7. The number of hydrogen-bond acceptors (Lipinski definition) is 2. The van der Waals surface area contributed by atoms with Gasteiger partial charge in [0, 0.05) is 11.4 Å². The van der Waals surface area contributed by atoms with Crippen LogP contribution in [0.5, 0.6) is 0 Å². The first kappa shape index (κ1) is 10.3. The van der Waals surface area contributed by atoms with Gasteiger partial charge in [0.25, 0.3) is 0 Å². The molecule has 0 saturated carbocycles. The van der Waals surface area contributed by atoms with Crippen LogP contribution in [0.25, 0.3) is 0 Å². The Kier molecular flexibility index (Phi) is 2.80. The van der Waals surface area contributed by atoms with E-state index in [1.165, 1.54) is 18.5 Å². The zero-order chi connectivity index (χ0) is 10.8. The molecular formula is C12H17NO2. The van der Waals surface area contributed by atoms with Crippen molar-refractivity contribution in [1.29, 1.82) is 0 Å². The van der Waals surface area contributed by atoms with Crippen LogP contribution in [-0.4, -0.2) is 18.1 Å². The molecule has 82 valence electrons. The van der Waals surface area contributed by atoms with E-state index in [0.717, 1.165) is 31.2 Å². The van der Waals surface area contributed by atoms with Gasteiger partial charge in [-0.05, 0) is 37.3 Å². The number of ether oxygens (including phenoxy) is 1. The van der Waals surface area contributed by atoms with Crippen LogP contribution < -0.4 is 0 Å². The summed E-state index contributed by atoms with van der Waals surface area (Å²) in [5, 5.41) is 0. The Balaban J connectivity index is 2.33. The van der Waals surface area contributed by atoms with Gasteiger partial charge in [0.2, 0.25) is 0 Å². The number of hydrogen-bond donors (Lipinski definition) is 1. The molecule has 1 atom stereocenters. The molecule has 0 spiro atoms. The SMILES string of the molecule is CCc1cc2c([nH]1)CCCC2C(=O)OC. The highest BCUT2D eigenvalue weighted by atomic mass is 16.5. The molecule has 0 saturated heterocycles. The molecule has 0 aliphatic heterocycles. The van der Waals surface area contributed by atoms with E-state index >= 15 is 0 Å². The lowest BCUT2D eigenvalue weighted by Crippen LogP contribution is -2.18. The van der Waals surface area contributed by atoms with Crippen LogP contribution in [0.15, 0.2) is 6.07 Å². The first-order chi connectivity index (χ1) is 7.26. The van der Waals surface area contributed by atoms with Gasteiger partial charge in [0.1, 0.15) is 0 Å². The number of rotatable bonds is 2.